The van der Waals surface area contributed by atoms with E-state index in [-0.39, 0.29) is 0 Å². The van der Waals surface area contributed by atoms with Crippen molar-refractivity contribution in [2.75, 3.05) is 7.05 Å². The van der Waals surface area contributed by atoms with Gasteiger partial charge in [0.15, 0.2) is 0 Å². The fourth-order valence-corrected chi connectivity index (χ4v) is 2.40. The number of aryl methyl sites for hydroxylation is 4. The van der Waals surface area contributed by atoms with Gasteiger partial charge in [-0.05, 0) is 56.5 Å². The number of benzene rings is 1. The molecule has 1 atom stereocenters. The minimum absolute atomic E-state index is 0.397. The van der Waals surface area contributed by atoms with Crippen molar-refractivity contribution in [2.24, 2.45) is 7.05 Å². The normalized spacial score (nSPS) is 12.6. The van der Waals surface area contributed by atoms with Crippen molar-refractivity contribution in [1.82, 2.24) is 15.1 Å². The van der Waals surface area contributed by atoms with Crippen LogP contribution in [0.5, 0.6) is 0 Å². The van der Waals surface area contributed by atoms with Gasteiger partial charge >= 0.3 is 0 Å². The molecule has 0 amide bonds. The average molecular weight is 257 g/mol. The van der Waals surface area contributed by atoms with Crippen LogP contribution in [0.25, 0.3) is 0 Å². The van der Waals surface area contributed by atoms with E-state index in [0.717, 1.165) is 12.8 Å². The fourth-order valence-electron chi connectivity index (χ4n) is 2.40. The first kappa shape index (κ1) is 13.8. The first-order valence-electron chi connectivity index (χ1n) is 6.83. The highest BCUT2D eigenvalue weighted by Gasteiger charge is 2.11. The molecule has 0 fully saturated rings. The second kappa shape index (κ2) is 6.02. The Labute approximate surface area is 115 Å². The first-order valence-corrected chi connectivity index (χ1v) is 6.83. The lowest BCUT2D eigenvalue weighted by Gasteiger charge is -2.18. The Balaban J connectivity index is 2.07. The molecule has 2 aromatic rings. The van der Waals surface area contributed by atoms with Gasteiger partial charge in [0, 0.05) is 25.0 Å². The predicted molar refractivity (Wildman–Crippen MR) is 79.2 cm³/mol. The smallest absolute Gasteiger partial charge is 0.0492 e. The highest BCUT2D eigenvalue weighted by atomic mass is 15.2. The van der Waals surface area contributed by atoms with Crippen LogP contribution in [0, 0.1) is 13.8 Å². The number of nitrogens with zero attached hydrogens (tertiary/aromatic N) is 2. The van der Waals surface area contributed by atoms with Crippen LogP contribution in [-0.2, 0) is 13.5 Å². The molecule has 1 heterocycles. The molecule has 1 aromatic carbocycles. The van der Waals surface area contributed by atoms with E-state index in [1.54, 1.807) is 0 Å². The zero-order chi connectivity index (χ0) is 13.8. The lowest BCUT2D eigenvalue weighted by Crippen LogP contribution is -2.18. The van der Waals surface area contributed by atoms with Gasteiger partial charge in [0.05, 0.1) is 0 Å². The Morgan fingerprint density at radius 2 is 2.00 bits per heavy atom. The van der Waals surface area contributed by atoms with Gasteiger partial charge in [-0.25, -0.2) is 0 Å². The number of nitrogens with one attached hydrogen (secondary N) is 1. The Morgan fingerprint density at radius 3 is 2.58 bits per heavy atom. The van der Waals surface area contributed by atoms with E-state index in [4.69, 9.17) is 0 Å². The molecular formula is C16H23N3. The van der Waals surface area contributed by atoms with E-state index in [1.165, 1.54) is 22.4 Å². The van der Waals surface area contributed by atoms with Crippen molar-refractivity contribution in [3.05, 3.63) is 52.8 Å². The van der Waals surface area contributed by atoms with Crippen LogP contribution in [0.2, 0.25) is 0 Å². The van der Waals surface area contributed by atoms with Crippen molar-refractivity contribution >= 4 is 0 Å². The van der Waals surface area contributed by atoms with Crippen molar-refractivity contribution in [3.8, 4) is 0 Å². The van der Waals surface area contributed by atoms with Gasteiger partial charge in [0.1, 0.15) is 0 Å². The molecular weight excluding hydrogens is 234 g/mol. The molecule has 3 heteroatoms. The van der Waals surface area contributed by atoms with Crippen molar-refractivity contribution in [1.29, 1.82) is 0 Å². The largest absolute Gasteiger partial charge is 0.313 e. The first-order chi connectivity index (χ1) is 9.11. The molecule has 1 aromatic heterocycles. The van der Waals surface area contributed by atoms with Crippen LogP contribution in [0.1, 0.15) is 34.8 Å². The Kier molecular flexibility index (Phi) is 4.38. The molecule has 0 aliphatic heterocycles. The van der Waals surface area contributed by atoms with Crippen molar-refractivity contribution in [2.45, 2.75) is 32.7 Å². The van der Waals surface area contributed by atoms with Crippen LogP contribution in [0.15, 0.2) is 30.5 Å². The topological polar surface area (TPSA) is 29.9 Å². The third-order valence-corrected chi connectivity index (χ3v) is 3.89. The highest BCUT2D eigenvalue weighted by Crippen LogP contribution is 2.21. The minimum atomic E-state index is 0.397. The molecule has 2 rings (SSSR count). The number of aromatic nitrogens is 2. The zero-order valence-electron chi connectivity index (χ0n) is 12.3. The number of hydrogen-bond donors (Lipinski definition) is 1. The summed E-state index contributed by atoms with van der Waals surface area (Å²) >= 11 is 0. The van der Waals surface area contributed by atoms with Crippen LogP contribution >= 0.6 is 0 Å². The third kappa shape index (κ3) is 3.24. The lowest BCUT2D eigenvalue weighted by atomic mass is 9.97. The summed E-state index contributed by atoms with van der Waals surface area (Å²) in [5.41, 5.74) is 5.36. The molecule has 0 saturated heterocycles. The van der Waals surface area contributed by atoms with Gasteiger partial charge in [-0.1, -0.05) is 18.2 Å². The molecule has 1 unspecified atom stereocenters. The van der Waals surface area contributed by atoms with Gasteiger partial charge in [0.2, 0.25) is 0 Å². The van der Waals surface area contributed by atoms with Gasteiger partial charge in [-0.3, -0.25) is 4.68 Å². The number of rotatable bonds is 5. The lowest BCUT2D eigenvalue weighted by molar-refractivity contribution is 0.535. The molecule has 3 nitrogen and oxygen atoms in total. The maximum Gasteiger partial charge on any atom is 0.0492 e. The highest BCUT2D eigenvalue weighted by molar-refractivity contribution is 5.31. The Hall–Kier alpha value is -1.61. The molecule has 1 N–H and O–H groups in total. The maximum absolute atomic E-state index is 4.22. The monoisotopic (exact) mass is 257 g/mol. The SMILES string of the molecule is CNC(CCc1ccnn1C)c1ccc(C)c(C)c1. The molecule has 0 saturated carbocycles. The van der Waals surface area contributed by atoms with Crippen molar-refractivity contribution < 1.29 is 0 Å². The fraction of sp³-hybridized carbons (Fsp3) is 0.438. The summed E-state index contributed by atoms with van der Waals surface area (Å²) in [5, 5.41) is 7.63. The summed E-state index contributed by atoms with van der Waals surface area (Å²) < 4.78 is 1.95. The molecule has 0 radical (unpaired) electrons. The summed E-state index contributed by atoms with van der Waals surface area (Å²) in [6, 6.07) is 9.22. The minimum Gasteiger partial charge on any atom is -0.313 e. The summed E-state index contributed by atoms with van der Waals surface area (Å²) in [7, 11) is 4.03. The van der Waals surface area contributed by atoms with E-state index in [2.05, 4.69) is 48.5 Å². The average Bonchev–Trinajstić information content (AvgIpc) is 2.80. The molecule has 102 valence electrons. The van der Waals surface area contributed by atoms with E-state index in [1.807, 2.05) is 25.0 Å². The number of hydrogen-bond acceptors (Lipinski definition) is 2. The predicted octanol–water partition coefficient (Wildman–Crippen LogP) is 2.93. The summed E-state index contributed by atoms with van der Waals surface area (Å²) in [6.07, 6.45) is 3.98. The Bertz CT molecular complexity index is 543. The second-order valence-electron chi connectivity index (χ2n) is 5.17. The van der Waals surface area contributed by atoms with E-state index >= 15 is 0 Å². The van der Waals surface area contributed by atoms with Crippen LogP contribution < -0.4 is 5.32 Å². The van der Waals surface area contributed by atoms with Gasteiger partial charge in [-0.2, -0.15) is 5.10 Å². The van der Waals surface area contributed by atoms with Crippen LogP contribution in [0.4, 0.5) is 0 Å². The summed E-state index contributed by atoms with van der Waals surface area (Å²) in [4.78, 5) is 0. The molecule has 0 aliphatic carbocycles. The van der Waals surface area contributed by atoms with E-state index < -0.39 is 0 Å². The maximum atomic E-state index is 4.22. The van der Waals surface area contributed by atoms with E-state index in [9.17, 15) is 0 Å². The summed E-state index contributed by atoms with van der Waals surface area (Å²) in [5.74, 6) is 0. The van der Waals surface area contributed by atoms with Crippen LogP contribution in [0.3, 0.4) is 0 Å². The molecule has 0 aliphatic rings. The molecule has 0 spiro atoms. The zero-order valence-corrected chi connectivity index (χ0v) is 12.3. The standard InChI is InChI=1S/C16H23N3/c1-12-5-6-14(11-13(12)2)16(17-3)8-7-15-9-10-18-19(15)4/h5-6,9-11,16-17H,7-8H2,1-4H3. The van der Waals surface area contributed by atoms with Crippen molar-refractivity contribution in [3.63, 3.8) is 0 Å². The third-order valence-electron chi connectivity index (χ3n) is 3.89. The summed E-state index contributed by atoms with van der Waals surface area (Å²) in [6.45, 7) is 4.33. The molecule has 19 heavy (non-hydrogen) atoms. The second-order valence-corrected chi connectivity index (χ2v) is 5.17. The van der Waals surface area contributed by atoms with Crippen LogP contribution in [-0.4, -0.2) is 16.8 Å². The quantitative estimate of drug-likeness (QED) is 0.892. The molecule has 0 bridgehead atoms. The van der Waals surface area contributed by atoms with Gasteiger partial charge in [-0.15, -0.1) is 0 Å². The Morgan fingerprint density at radius 1 is 1.21 bits per heavy atom. The van der Waals surface area contributed by atoms with Gasteiger partial charge < -0.3 is 5.32 Å². The van der Waals surface area contributed by atoms with Gasteiger partial charge in [0.25, 0.3) is 0 Å². The van der Waals surface area contributed by atoms with E-state index in [0.29, 0.717) is 6.04 Å².